The Labute approximate surface area is 184 Å². The van der Waals surface area contributed by atoms with Crippen LogP contribution < -0.4 is 10.1 Å². The van der Waals surface area contributed by atoms with E-state index in [1.165, 1.54) is 19.4 Å². The molecular weight excluding hydrogens is 386 g/mol. The van der Waals surface area contributed by atoms with Gasteiger partial charge in [-0.25, -0.2) is 0 Å². The van der Waals surface area contributed by atoms with Crippen LogP contribution in [0.25, 0.3) is 10.9 Å². The number of carbonyl (C=O) groups excluding carboxylic acids is 1. The zero-order valence-electron chi connectivity index (χ0n) is 18.2. The van der Waals surface area contributed by atoms with E-state index in [-0.39, 0.29) is 11.9 Å². The maximum absolute atomic E-state index is 12.6. The van der Waals surface area contributed by atoms with Gasteiger partial charge < -0.3 is 15.0 Å². The number of nitrogens with zero attached hydrogens (tertiary/aromatic N) is 2. The fraction of sp³-hybridized carbons (Fsp3) is 0.385. The molecule has 1 aliphatic heterocycles. The molecule has 0 atom stereocenters. The predicted molar refractivity (Wildman–Crippen MR) is 124 cm³/mol. The maximum atomic E-state index is 12.6. The fourth-order valence-corrected chi connectivity index (χ4v) is 4.10. The van der Waals surface area contributed by atoms with E-state index in [2.05, 4.69) is 28.2 Å². The van der Waals surface area contributed by atoms with Crippen molar-refractivity contribution >= 4 is 16.8 Å². The summed E-state index contributed by atoms with van der Waals surface area (Å²) in [7, 11) is 0. The van der Waals surface area contributed by atoms with E-state index in [1.807, 2.05) is 54.7 Å². The van der Waals surface area contributed by atoms with Crippen LogP contribution in [0.15, 0.2) is 60.8 Å². The second-order valence-electron chi connectivity index (χ2n) is 8.24. The number of piperidine rings is 1. The molecule has 5 nitrogen and oxygen atoms in total. The van der Waals surface area contributed by atoms with Gasteiger partial charge in [-0.15, -0.1) is 0 Å². The summed E-state index contributed by atoms with van der Waals surface area (Å²) >= 11 is 0. The Morgan fingerprint density at radius 2 is 1.87 bits per heavy atom. The quantitative estimate of drug-likeness (QED) is 0.572. The molecule has 2 aromatic carbocycles. The predicted octanol–water partition coefficient (Wildman–Crippen LogP) is 4.81. The summed E-state index contributed by atoms with van der Waals surface area (Å²) in [5.74, 6) is 0.750. The van der Waals surface area contributed by atoms with E-state index >= 15 is 0 Å². The second kappa shape index (κ2) is 10.4. The summed E-state index contributed by atoms with van der Waals surface area (Å²) in [5, 5.41) is 4.29. The zero-order chi connectivity index (χ0) is 21.5. The lowest BCUT2D eigenvalue weighted by molar-refractivity contribution is 0.0910. The summed E-state index contributed by atoms with van der Waals surface area (Å²) in [6.45, 7) is 6.01. The second-order valence-corrected chi connectivity index (χ2v) is 8.24. The molecule has 1 amide bonds. The molecule has 4 rings (SSSR count). The SMILES string of the molecule is CCCCN1CCC(NC(=O)c2ccc(OCc3ccnc4ccccc34)cc2)CC1. The first-order valence-electron chi connectivity index (χ1n) is 11.3. The van der Waals surface area contributed by atoms with Crippen molar-refractivity contribution < 1.29 is 9.53 Å². The molecule has 1 fully saturated rings. The molecule has 2 heterocycles. The van der Waals surface area contributed by atoms with Crippen LogP contribution in [0.4, 0.5) is 0 Å². The molecule has 31 heavy (non-hydrogen) atoms. The van der Waals surface area contributed by atoms with Crippen LogP contribution in [0.1, 0.15) is 48.5 Å². The number of nitrogens with one attached hydrogen (secondary N) is 1. The minimum Gasteiger partial charge on any atom is -0.489 e. The van der Waals surface area contributed by atoms with Crippen LogP contribution >= 0.6 is 0 Å². The van der Waals surface area contributed by atoms with Crippen molar-refractivity contribution in [2.24, 2.45) is 0 Å². The topological polar surface area (TPSA) is 54.5 Å². The van der Waals surface area contributed by atoms with Gasteiger partial charge in [0.1, 0.15) is 12.4 Å². The van der Waals surface area contributed by atoms with E-state index in [0.29, 0.717) is 12.2 Å². The molecule has 0 unspecified atom stereocenters. The molecule has 0 saturated carbocycles. The number of rotatable bonds is 8. The first kappa shape index (κ1) is 21.3. The number of pyridine rings is 1. The van der Waals surface area contributed by atoms with Crippen LogP contribution in [0.5, 0.6) is 5.75 Å². The highest BCUT2D eigenvalue weighted by atomic mass is 16.5. The lowest BCUT2D eigenvalue weighted by atomic mass is 10.0. The Kier molecular flexibility index (Phi) is 7.15. The molecule has 0 radical (unpaired) electrons. The van der Waals surface area contributed by atoms with Gasteiger partial charge in [0.25, 0.3) is 5.91 Å². The van der Waals surface area contributed by atoms with Gasteiger partial charge >= 0.3 is 0 Å². The van der Waals surface area contributed by atoms with Crippen molar-refractivity contribution in [2.45, 2.75) is 45.3 Å². The Hall–Kier alpha value is -2.92. The highest BCUT2D eigenvalue weighted by Crippen LogP contribution is 2.20. The lowest BCUT2D eigenvalue weighted by Gasteiger charge is -2.32. The van der Waals surface area contributed by atoms with E-state index in [9.17, 15) is 4.79 Å². The Balaban J connectivity index is 1.28. The van der Waals surface area contributed by atoms with Crippen molar-refractivity contribution in [3.05, 3.63) is 71.9 Å². The molecule has 1 saturated heterocycles. The highest BCUT2D eigenvalue weighted by Gasteiger charge is 2.20. The first-order valence-corrected chi connectivity index (χ1v) is 11.3. The number of likely N-dealkylation sites (tertiary alicyclic amines) is 1. The summed E-state index contributed by atoms with van der Waals surface area (Å²) in [5.41, 5.74) is 2.74. The minimum atomic E-state index is -0.00122. The molecule has 5 heteroatoms. The molecule has 1 aliphatic rings. The molecule has 0 bridgehead atoms. The first-order chi connectivity index (χ1) is 15.2. The van der Waals surface area contributed by atoms with E-state index in [0.717, 1.165) is 48.1 Å². The number of aromatic nitrogens is 1. The number of amides is 1. The van der Waals surface area contributed by atoms with Gasteiger partial charge in [0, 0.05) is 41.8 Å². The monoisotopic (exact) mass is 417 g/mol. The molecule has 0 spiro atoms. The Morgan fingerprint density at radius 1 is 1.10 bits per heavy atom. The van der Waals surface area contributed by atoms with Gasteiger partial charge in [0.2, 0.25) is 0 Å². The number of hydrogen-bond donors (Lipinski definition) is 1. The Morgan fingerprint density at radius 3 is 2.65 bits per heavy atom. The number of hydrogen-bond acceptors (Lipinski definition) is 4. The third-order valence-electron chi connectivity index (χ3n) is 6.00. The van der Waals surface area contributed by atoms with Gasteiger partial charge in [-0.2, -0.15) is 0 Å². The summed E-state index contributed by atoms with van der Waals surface area (Å²) < 4.78 is 5.96. The van der Waals surface area contributed by atoms with E-state index in [1.54, 1.807) is 0 Å². The third kappa shape index (κ3) is 5.61. The largest absolute Gasteiger partial charge is 0.489 e. The van der Waals surface area contributed by atoms with Crippen molar-refractivity contribution in [3.63, 3.8) is 0 Å². The average molecular weight is 418 g/mol. The van der Waals surface area contributed by atoms with Gasteiger partial charge in [-0.1, -0.05) is 31.5 Å². The fourth-order valence-electron chi connectivity index (χ4n) is 4.10. The standard InChI is InChI=1S/C26H31N3O2/c1-2-3-16-29-17-13-22(14-18-29)28-26(30)20-8-10-23(11-9-20)31-19-21-12-15-27-25-7-5-4-6-24(21)25/h4-12,15,22H,2-3,13-14,16-19H2,1H3,(H,28,30). The molecular formula is C26H31N3O2. The lowest BCUT2D eigenvalue weighted by Crippen LogP contribution is -2.44. The van der Waals surface area contributed by atoms with Gasteiger partial charge in [-0.3, -0.25) is 9.78 Å². The highest BCUT2D eigenvalue weighted by molar-refractivity contribution is 5.94. The van der Waals surface area contributed by atoms with Crippen LogP contribution in [0, 0.1) is 0 Å². The van der Waals surface area contributed by atoms with Crippen LogP contribution in [0.2, 0.25) is 0 Å². The molecule has 162 valence electrons. The average Bonchev–Trinajstić information content (AvgIpc) is 2.82. The van der Waals surface area contributed by atoms with E-state index in [4.69, 9.17) is 4.74 Å². The molecule has 0 aliphatic carbocycles. The number of carbonyl (C=O) groups is 1. The number of benzene rings is 2. The number of ether oxygens (including phenoxy) is 1. The van der Waals surface area contributed by atoms with Crippen LogP contribution in [-0.2, 0) is 6.61 Å². The third-order valence-corrected chi connectivity index (χ3v) is 6.00. The number of fused-ring (bicyclic) bond motifs is 1. The van der Waals surface area contributed by atoms with Crippen molar-refractivity contribution in [3.8, 4) is 5.75 Å². The van der Waals surface area contributed by atoms with Crippen LogP contribution in [0.3, 0.4) is 0 Å². The summed E-state index contributed by atoms with van der Waals surface area (Å²) in [4.78, 5) is 19.5. The molecule has 1 N–H and O–H groups in total. The minimum absolute atomic E-state index is 0.00122. The van der Waals surface area contributed by atoms with E-state index < -0.39 is 0 Å². The normalized spacial score (nSPS) is 15.1. The molecule has 1 aromatic heterocycles. The molecule has 3 aromatic rings. The summed E-state index contributed by atoms with van der Waals surface area (Å²) in [6, 6.07) is 17.7. The van der Waals surface area contributed by atoms with Crippen molar-refractivity contribution in [1.82, 2.24) is 15.2 Å². The Bertz CT molecular complexity index is 990. The van der Waals surface area contributed by atoms with Crippen molar-refractivity contribution in [2.75, 3.05) is 19.6 Å². The number of para-hydroxylation sites is 1. The maximum Gasteiger partial charge on any atom is 0.251 e. The summed E-state index contributed by atoms with van der Waals surface area (Å²) in [6.07, 6.45) is 6.34. The van der Waals surface area contributed by atoms with Gasteiger partial charge in [0.05, 0.1) is 5.52 Å². The van der Waals surface area contributed by atoms with Gasteiger partial charge in [-0.05, 0) is 62.2 Å². The zero-order valence-corrected chi connectivity index (χ0v) is 18.2. The van der Waals surface area contributed by atoms with Crippen molar-refractivity contribution in [1.29, 1.82) is 0 Å². The van der Waals surface area contributed by atoms with Gasteiger partial charge in [0.15, 0.2) is 0 Å². The number of unbranched alkanes of at least 4 members (excludes halogenated alkanes) is 1. The smallest absolute Gasteiger partial charge is 0.251 e. The van der Waals surface area contributed by atoms with Crippen LogP contribution in [-0.4, -0.2) is 41.5 Å².